The minimum Gasteiger partial charge on any atom is -0.330 e. The summed E-state index contributed by atoms with van der Waals surface area (Å²) in [5.41, 5.74) is 6.56. The molecule has 0 spiro atoms. The summed E-state index contributed by atoms with van der Waals surface area (Å²) >= 11 is 0. The van der Waals surface area contributed by atoms with Gasteiger partial charge >= 0.3 is 0 Å². The summed E-state index contributed by atoms with van der Waals surface area (Å²) in [4.78, 5) is 12.2. The number of rotatable bonds is 8. The Morgan fingerprint density at radius 2 is 2.11 bits per heavy atom. The predicted octanol–water partition coefficient (Wildman–Crippen LogP) is 2.59. The second-order valence-corrected chi connectivity index (χ2v) is 5.75. The highest BCUT2D eigenvalue weighted by atomic mass is 16.1. The van der Waals surface area contributed by atoms with E-state index < -0.39 is 0 Å². The molecule has 4 nitrogen and oxygen atoms in total. The molecule has 4 heteroatoms. The molecule has 0 aliphatic carbocycles. The molecule has 0 aliphatic rings. The lowest BCUT2D eigenvalue weighted by atomic mass is 9.91. The number of carbonyl (C=O) groups is 1. The number of carbonyl (C=O) groups excluding carboxylic acids is 1. The first kappa shape index (κ1) is 15.9. The van der Waals surface area contributed by atoms with E-state index in [0.717, 1.165) is 18.5 Å². The first-order valence-corrected chi connectivity index (χ1v) is 7.24. The van der Waals surface area contributed by atoms with Crippen molar-refractivity contribution in [2.75, 3.05) is 6.54 Å². The molecule has 1 aromatic rings. The number of hydrogen-bond acceptors (Lipinski definition) is 3. The fourth-order valence-electron chi connectivity index (χ4n) is 2.16. The van der Waals surface area contributed by atoms with Gasteiger partial charge < -0.3 is 5.73 Å². The Hall–Kier alpha value is -1.16. The van der Waals surface area contributed by atoms with Gasteiger partial charge in [0.05, 0.1) is 12.1 Å². The van der Waals surface area contributed by atoms with Gasteiger partial charge in [0, 0.05) is 24.7 Å². The normalized spacial score (nSPS) is 14.6. The van der Waals surface area contributed by atoms with Crippen LogP contribution in [0.15, 0.2) is 12.3 Å². The maximum Gasteiger partial charge on any atom is 0.143 e. The number of nitrogens with two attached hydrogens (primary N) is 1. The molecule has 0 aliphatic heterocycles. The van der Waals surface area contributed by atoms with Crippen molar-refractivity contribution in [3.63, 3.8) is 0 Å². The molecule has 0 amide bonds. The number of aromatic nitrogens is 2. The molecule has 0 fully saturated rings. The Kier molecular flexibility index (Phi) is 6.22. The van der Waals surface area contributed by atoms with Gasteiger partial charge in [0.15, 0.2) is 0 Å². The molecular weight excluding hydrogens is 238 g/mol. The predicted molar refractivity (Wildman–Crippen MR) is 77.9 cm³/mol. The third-order valence-corrected chi connectivity index (χ3v) is 3.56. The minimum absolute atomic E-state index is 0.0336. The Morgan fingerprint density at radius 1 is 1.42 bits per heavy atom. The summed E-state index contributed by atoms with van der Waals surface area (Å²) in [6, 6.07) is 2.32. The van der Waals surface area contributed by atoms with Crippen molar-refractivity contribution >= 4 is 5.78 Å². The number of ketones is 1. The number of nitrogens with zero attached hydrogens (tertiary/aromatic N) is 2. The highest BCUT2D eigenvalue weighted by Crippen LogP contribution is 2.15. The largest absolute Gasteiger partial charge is 0.330 e. The maximum atomic E-state index is 12.2. The number of hydrogen-bond donors (Lipinski definition) is 1. The van der Waals surface area contributed by atoms with Crippen LogP contribution in [0.4, 0.5) is 0 Å². The average molecular weight is 265 g/mol. The van der Waals surface area contributed by atoms with Crippen LogP contribution in [0.5, 0.6) is 0 Å². The van der Waals surface area contributed by atoms with E-state index in [1.54, 1.807) is 0 Å². The molecule has 0 aromatic carbocycles. The van der Waals surface area contributed by atoms with E-state index in [2.05, 4.69) is 32.8 Å². The van der Waals surface area contributed by atoms with Gasteiger partial charge in [-0.1, -0.05) is 20.8 Å². The summed E-state index contributed by atoms with van der Waals surface area (Å²) in [5.74, 6) is 0.675. The molecule has 1 aromatic heterocycles. The highest BCUT2D eigenvalue weighted by molar-refractivity contribution is 5.83. The van der Waals surface area contributed by atoms with Crippen molar-refractivity contribution in [1.29, 1.82) is 0 Å². The molecule has 0 radical (unpaired) electrons. The molecular formula is C15H27N3O. The fraction of sp³-hybridized carbons (Fsp3) is 0.733. The van der Waals surface area contributed by atoms with Crippen molar-refractivity contribution in [3.05, 3.63) is 18.0 Å². The fourth-order valence-corrected chi connectivity index (χ4v) is 2.16. The van der Waals surface area contributed by atoms with Crippen LogP contribution in [0, 0.1) is 11.8 Å². The molecule has 0 bridgehead atoms. The highest BCUT2D eigenvalue weighted by Gasteiger charge is 2.19. The van der Waals surface area contributed by atoms with Crippen molar-refractivity contribution in [1.82, 2.24) is 9.78 Å². The van der Waals surface area contributed by atoms with Crippen LogP contribution in [0.3, 0.4) is 0 Å². The van der Waals surface area contributed by atoms with Crippen molar-refractivity contribution in [2.24, 2.45) is 17.6 Å². The van der Waals surface area contributed by atoms with Crippen LogP contribution in [0.1, 0.15) is 52.3 Å². The molecule has 1 heterocycles. The van der Waals surface area contributed by atoms with E-state index in [1.807, 2.05) is 16.9 Å². The van der Waals surface area contributed by atoms with Gasteiger partial charge in [-0.15, -0.1) is 0 Å². The zero-order chi connectivity index (χ0) is 14.4. The molecule has 2 N–H and O–H groups in total. The van der Waals surface area contributed by atoms with E-state index in [4.69, 9.17) is 5.73 Å². The molecule has 2 unspecified atom stereocenters. The molecule has 2 atom stereocenters. The van der Waals surface area contributed by atoms with Gasteiger partial charge in [-0.3, -0.25) is 9.48 Å². The smallest absolute Gasteiger partial charge is 0.143 e. The zero-order valence-corrected chi connectivity index (χ0v) is 12.6. The van der Waals surface area contributed by atoms with Crippen molar-refractivity contribution < 1.29 is 4.79 Å². The van der Waals surface area contributed by atoms with E-state index in [-0.39, 0.29) is 11.7 Å². The average Bonchev–Trinajstić information content (AvgIpc) is 2.83. The molecule has 1 rings (SSSR count). The first-order chi connectivity index (χ1) is 8.97. The van der Waals surface area contributed by atoms with Gasteiger partial charge in [0.25, 0.3) is 0 Å². The van der Waals surface area contributed by atoms with Crippen LogP contribution in [0.25, 0.3) is 0 Å². The van der Waals surface area contributed by atoms with Crippen LogP contribution in [-0.2, 0) is 11.2 Å². The third kappa shape index (κ3) is 4.78. The lowest BCUT2D eigenvalue weighted by Crippen LogP contribution is -2.26. The van der Waals surface area contributed by atoms with Gasteiger partial charge in [0.1, 0.15) is 5.78 Å². The summed E-state index contributed by atoms with van der Waals surface area (Å²) in [7, 11) is 0. The van der Waals surface area contributed by atoms with Gasteiger partial charge in [-0.2, -0.15) is 5.10 Å². The third-order valence-electron chi connectivity index (χ3n) is 3.56. The van der Waals surface area contributed by atoms with E-state index in [9.17, 15) is 4.79 Å². The Labute approximate surface area is 116 Å². The van der Waals surface area contributed by atoms with Crippen LogP contribution in [-0.4, -0.2) is 22.1 Å². The van der Waals surface area contributed by atoms with Crippen LogP contribution in [0.2, 0.25) is 0 Å². The molecule has 108 valence electrons. The van der Waals surface area contributed by atoms with Gasteiger partial charge in [-0.25, -0.2) is 0 Å². The second-order valence-electron chi connectivity index (χ2n) is 5.75. The van der Waals surface area contributed by atoms with Crippen molar-refractivity contribution in [2.45, 2.75) is 53.0 Å². The summed E-state index contributed by atoms with van der Waals surface area (Å²) < 4.78 is 1.93. The monoisotopic (exact) mass is 265 g/mol. The number of Topliss-reactive ketones (excluding diaryl/α,β-unsaturated/α-hetero) is 1. The molecule has 19 heavy (non-hydrogen) atoms. The second kappa shape index (κ2) is 7.43. The quantitative estimate of drug-likeness (QED) is 0.786. The summed E-state index contributed by atoms with van der Waals surface area (Å²) in [5, 5.41) is 4.47. The summed E-state index contributed by atoms with van der Waals surface area (Å²) in [6.45, 7) is 8.93. The van der Waals surface area contributed by atoms with Crippen LogP contribution >= 0.6 is 0 Å². The van der Waals surface area contributed by atoms with Crippen LogP contribution < -0.4 is 5.73 Å². The molecule has 0 saturated carbocycles. The van der Waals surface area contributed by atoms with E-state index in [0.29, 0.717) is 24.9 Å². The van der Waals surface area contributed by atoms with E-state index >= 15 is 0 Å². The Bertz CT molecular complexity index is 398. The standard InChI is InChI=1S/C15H27N3O/c1-5-12(4)18-7-6-14(17-18)9-15(19)13(10-16)8-11(2)3/h6-7,11-13H,5,8-10,16H2,1-4H3. The lowest BCUT2D eigenvalue weighted by Gasteiger charge is -2.15. The van der Waals surface area contributed by atoms with Gasteiger partial charge in [-0.05, 0) is 31.7 Å². The topological polar surface area (TPSA) is 60.9 Å². The zero-order valence-electron chi connectivity index (χ0n) is 12.6. The summed E-state index contributed by atoms with van der Waals surface area (Å²) in [6.07, 6.45) is 4.25. The van der Waals surface area contributed by atoms with E-state index in [1.165, 1.54) is 0 Å². The van der Waals surface area contributed by atoms with Gasteiger partial charge in [0.2, 0.25) is 0 Å². The lowest BCUT2D eigenvalue weighted by molar-refractivity contribution is -0.122. The van der Waals surface area contributed by atoms with Crippen molar-refractivity contribution in [3.8, 4) is 0 Å². The SMILES string of the molecule is CCC(C)n1ccc(CC(=O)C(CN)CC(C)C)n1. The molecule has 0 saturated heterocycles. The maximum absolute atomic E-state index is 12.2. The Morgan fingerprint density at radius 3 is 2.63 bits per heavy atom. The minimum atomic E-state index is -0.0336. The Balaban J connectivity index is 2.62. The first-order valence-electron chi connectivity index (χ1n) is 7.24.